The van der Waals surface area contributed by atoms with Gasteiger partial charge in [0.15, 0.2) is 6.10 Å². The van der Waals surface area contributed by atoms with Gasteiger partial charge in [-0.25, -0.2) is 0 Å². The van der Waals surface area contributed by atoms with Gasteiger partial charge in [0, 0.05) is 12.8 Å². The largest absolute Gasteiger partial charge is 0.462 e. The van der Waals surface area contributed by atoms with E-state index in [9.17, 15) is 14.7 Å². The summed E-state index contributed by atoms with van der Waals surface area (Å²) in [5, 5.41) is 9.63. The maximum absolute atomic E-state index is 12.2. The Morgan fingerprint density at radius 1 is 0.338 bits per heavy atom. The minimum absolute atomic E-state index is 0.0674. The van der Waals surface area contributed by atoms with Crippen molar-refractivity contribution in [3.63, 3.8) is 0 Å². The van der Waals surface area contributed by atoms with Crippen LogP contribution in [0.25, 0.3) is 0 Å². The van der Waals surface area contributed by atoms with Crippen LogP contribution in [-0.4, -0.2) is 36.4 Å². The van der Waals surface area contributed by atoms with Gasteiger partial charge < -0.3 is 14.6 Å². The maximum Gasteiger partial charge on any atom is 0.306 e. The second-order valence-electron chi connectivity index (χ2n) is 20.8. The van der Waals surface area contributed by atoms with Crippen LogP contribution in [-0.2, 0) is 19.1 Å². The summed E-state index contributed by atoms with van der Waals surface area (Å²) in [5.74, 6) is -0.592. The van der Waals surface area contributed by atoms with Gasteiger partial charge in [0.05, 0.1) is 6.61 Å². The number of rotatable bonds is 57. The van der Waals surface area contributed by atoms with E-state index in [2.05, 4.69) is 50.3 Å². The Morgan fingerprint density at radius 3 is 0.912 bits per heavy atom. The number of allylic oxidation sites excluding steroid dienone is 6. The zero-order valence-electron chi connectivity index (χ0n) is 45.9. The predicted molar refractivity (Wildman–Crippen MR) is 298 cm³/mol. The molecule has 0 heterocycles. The highest BCUT2D eigenvalue weighted by molar-refractivity contribution is 5.70. The van der Waals surface area contributed by atoms with Gasteiger partial charge in [0.1, 0.15) is 6.61 Å². The molecule has 0 aromatic rings. The van der Waals surface area contributed by atoms with Crippen molar-refractivity contribution < 1.29 is 24.2 Å². The summed E-state index contributed by atoms with van der Waals surface area (Å²) in [5.41, 5.74) is 0. The second-order valence-corrected chi connectivity index (χ2v) is 20.8. The van der Waals surface area contributed by atoms with Crippen molar-refractivity contribution in [2.75, 3.05) is 13.2 Å². The third-order valence-corrected chi connectivity index (χ3v) is 13.9. The van der Waals surface area contributed by atoms with Crippen molar-refractivity contribution in [1.29, 1.82) is 0 Å². The van der Waals surface area contributed by atoms with E-state index < -0.39 is 6.10 Å². The summed E-state index contributed by atoms with van der Waals surface area (Å²) in [6.45, 7) is 4.14. The molecule has 0 rings (SSSR count). The van der Waals surface area contributed by atoms with Gasteiger partial charge >= 0.3 is 11.9 Å². The molecule has 0 saturated heterocycles. The zero-order chi connectivity index (χ0) is 49.2. The van der Waals surface area contributed by atoms with Crippen molar-refractivity contribution in [3.8, 4) is 0 Å². The number of aliphatic hydroxyl groups is 1. The number of hydrogen-bond acceptors (Lipinski definition) is 5. The molecule has 0 aromatic carbocycles. The van der Waals surface area contributed by atoms with Crippen LogP contribution in [0, 0.1) is 0 Å². The molecule has 400 valence electrons. The van der Waals surface area contributed by atoms with Crippen molar-refractivity contribution in [3.05, 3.63) is 36.5 Å². The molecule has 0 radical (unpaired) electrons. The van der Waals surface area contributed by atoms with E-state index in [1.807, 2.05) is 0 Å². The molecular weight excluding hydrogens is 837 g/mol. The monoisotopic (exact) mass is 955 g/mol. The first-order valence-electron chi connectivity index (χ1n) is 30.5. The van der Waals surface area contributed by atoms with Gasteiger partial charge in [-0.05, 0) is 70.6 Å². The number of aliphatic hydroxyl groups excluding tert-OH is 1. The van der Waals surface area contributed by atoms with E-state index in [4.69, 9.17) is 9.47 Å². The lowest BCUT2D eigenvalue weighted by Crippen LogP contribution is -2.28. The molecule has 0 aliphatic heterocycles. The van der Waals surface area contributed by atoms with Crippen molar-refractivity contribution in [2.45, 2.75) is 341 Å². The first-order chi connectivity index (χ1) is 33.6. The van der Waals surface area contributed by atoms with E-state index in [1.54, 1.807) is 0 Å². The van der Waals surface area contributed by atoms with Gasteiger partial charge in [-0.2, -0.15) is 0 Å². The number of unbranched alkanes of at least 4 members (excludes halogenated alkanes) is 43. The molecule has 0 aromatic heterocycles. The van der Waals surface area contributed by atoms with Crippen LogP contribution < -0.4 is 0 Å². The first-order valence-corrected chi connectivity index (χ1v) is 30.5. The molecule has 5 heteroatoms. The van der Waals surface area contributed by atoms with Gasteiger partial charge in [-0.3, -0.25) is 9.59 Å². The molecule has 1 atom stereocenters. The van der Waals surface area contributed by atoms with Gasteiger partial charge in [-0.15, -0.1) is 0 Å². The summed E-state index contributed by atoms with van der Waals surface area (Å²) in [4.78, 5) is 24.5. The Labute approximate surface area is 425 Å². The van der Waals surface area contributed by atoms with Crippen LogP contribution in [0.15, 0.2) is 36.5 Å². The average molecular weight is 956 g/mol. The van der Waals surface area contributed by atoms with Gasteiger partial charge in [-0.1, -0.05) is 288 Å². The summed E-state index contributed by atoms with van der Waals surface area (Å²) >= 11 is 0. The number of esters is 2. The number of hydrogen-bond donors (Lipinski definition) is 1. The Kier molecular flexibility index (Phi) is 57.8. The van der Waals surface area contributed by atoms with Crippen LogP contribution in [0.1, 0.15) is 335 Å². The molecule has 0 amide bonds. The highest BCUT2D eigenvalue weighted by Gasteiger charge is 2.16. The molecule has 0 bridgehead atoms. The van der Waals surface area contributed by atoms with Crippen molar-refractivity contribution in [2.24, 2.45) is 0 Å². The number of carbonyl (C=O) groups is 2. The van der Waals surface area contributed by atoms with Crippen LogP contribution in [0.3, 0.4) is 0 Å². The molecule has 68 heavy (non-hydrogen) atoms. The zero-order valence-corrected chi connectivity index (χ0v) is 45.9. The molecule has 5 nitrogen and oxygen atoms in total. The summed E-state index contributed by atoms with van der Waals surface area (Å²) in [6, 6.07) is 0. The van der Waals surface area contributed by atoms with Crippen molar-refractivity contribution in [1.82, 2.24) is 0 Å². The maximum atomic E-state index is 12.2. The quantitative estimate of drug-likeness (QED) is 0.0374. The highest BCUT2D eigenvalue weighted by Crippen LogP contribution is 2.18. The Morgan fingerprint density at radius 2 is 0.588 bits per heavy atom. The summed E-state index contributed by atoms with van der Waals surface area (Å²) in [7, 11) is 0. The number of ether oxygens (including phenoxy) is 2. The lowest BCUT2D eigenvalue weighted by molar-refractivity contribution is -0.161. The van der Waals surface area contributed by atoms with Crippen LogP contribution in [0.4, 0.5) is 0 Å². The fourth-order valence-corrected chi connectivity index (χ4v) is 9.29. The molecule has 1 N–H and O–H groups in total. The van der Waals surface area contributed by atoms with E-state index >= 15 is 0 Å². The Bertz CT molecular complexity index is 1080. The third-order valence-electron chi connectivity index (χ3n) is 13.9. The van der Waals surface area contributed by atoms with Gasteiger partial charge in [0.25, 0.3) is 0 Å². The van der Waals surface area contributed by atoms with Crippen molar-refractivity contribution >= 4 is 11.9 Å². The minimum Gasteiger partial charge on any atom is -0.462 e. The molecule has 0 fully saturated rings. The van der Waals surface area contributed by atoms with Crippen LogP contribution in [0.2, 0.25) is 0 Å². The second kappa shape index (κ2) is 59.4. The first kappa shape index (κ1) is 66.1. The highest BCUT2D eigenvalue weighted by atomic mass is 16.6. The summed E-state index contributed by atoms with van der Waals surface area (Å²) in [6.07, 6.45) is 77.4. The fourth-order valence-electron chi connectivity index (χ4n) is 9.29. The minimum atomic E-state index is -0.777. The molecular formula is C63H118O5. The lowest BCUT2D eigenvalue weighted by atomic mass is 10.0. The normalized spacial score (nSPS) is 12.3. The molecule has 0 aliphatic carbocycles. The number of carbonyl (C=O) groups excluding carboxylic acids is 2. The Balaban J connectivity index is 3.36. The molecule has 0 spiro atoms. The van der Waals surface area contributed by atoms with E-state index in [-0.39, 0.29) is 25.2 Å². The van der Waals surface area contributed by atoms with E-state index in [0.717, 1.165) is 51.4 Å². The average Bonchev–Trinajstić information content (AvgIpc) is 3.34. The smallest absolute Gasteiger partial charge is 0.306 e. The molecule has 1 unspecified atom stereocenters. The summed E-state index contributed by atoms with van der Waals surface area (Å²) < 4.78 is 10.7. The molecule has 0 aliphatic rings. The SMILES string of the molecule is CCCCC/C=C\C/C=C\CCCCCCCC(=O)OC(CO)COC(=O)CCCCCCCCCCCCCCCCCCCCCCCCCCCCC/C=C\CCCCCCCCCC. The topological polar surface area (TPSA) is 72.8 Å². The predicted octanol–water partition coefficient (Wildman–Crippen LogP) is 20.6. The lowest BCUT2D eigenvalue weighted by Gasteiger charge is -2.15. The van der Waals surface area contributed by atoms with Crippen LogP contribution >= 0.6 is 0 Å². The van der Waals surface area contributed by atoms with E-state index in [0.29, 0.717) is 12.8 Å². The fraction of sp³-hybridized carbons (Fsp3) is 0.873. The van der Waals surface area contributed by atoms with Gasteiger partial charge in [0.2, 0.25) is 0 Å². The van der Waals surface area contributed by atoms with E-state index in [1.165, 1.54) is 257 Å². The Hall–Kier alpha value is -1.88. The standard InChI is InChI=1S/C63H118O5/c1-3-5-7-9-11-13-15-17-19-20-21-22-23-24-25-26-27-28-29-30-31-32-33-34-35-36-37-38-39-40-41-42-44-45-47-49-51-53-55-57-62(65)67-60-61(59-64)68-63(66)58-56-54-52-50-48-46-43-18-16-14-12-10-8-6-4-2/h12,14,18,20-21,43,61,64H,3-11,13,15-17,19,22-42,44-60H2,1-2H3/b14-12-,21-20-,43-18-. The molecule has 0 saturated carbocycles. The third kappa shape index (κ3) is 56.7. The van der Waals surface area contributed by atoms with Crippen LogP contribution in [0.5, 0.6) is 0 Å².